The molecule has 0 aromatic heterocycles. The van der Waals surface area contributed by atoms with Crippen molar-refractivity contribution in [3.8, 4) is 0 Å². The SMILES string of the molecule is CC(=O)[C@H]1CCC2C3CCC4=CC(=O)CC[C@]4(C)C3C(=O)C[C@@]21C. The van der Waals surface area contributed by atoms with Crippen LogP contribution in [-0.4, -0.2) is 17.3 Å². The second kappa shape index (κ2) is 5.12. The van der Waals surface area contributed by atoms with Crippen molar-refractivity contribution in [2.45, 2.75) is 65.7 Å². The van der Waals surface area contributed by atoms with E-state index in [1.807, 2.05) is 6.08 Å². The van der Waals surface area contributed by atoms with E-state index in [1.165, 1.54) is 5.57 Å². The summed E-state index contributed by atoms with van der Waals surface area (Å²) in [6.07, 6.45) is 7.80. The van der Waals surface area contributed by atoms with Crippen LogP contribution in [0, 0.1) is 34.5 Å². The molecule has 4 rings (SSSR count). The molecule has 6 atom stereocenters. The van der Waals surface area contributed by atoms with Crippen molar-refractivity contribution in [3.05, 3.63) is 11.6 Å². The van der Waals surface area contributed by atoms with Crippen LogP contribution < -0.4 is 0 Å². The summed E-state index contributed by atoms with van der Waals surface area (Å²) < 4.78 is 0. The minimum absolute atomic E-state index is 0.0603. The van der Waals surface area contributed by atoms with Crippen LogP contribution in [0.3, 0.4) is 0 Å². The van der Waals surface area contributed by atoms with Gasteiger partial charge in [-0.2, -0.15) is 0 Å². The van der Waals surface area contributed by atoms with Gasteiger partial charge in [0.05, 0.1) is 0 Å². The van der Waals surface area contributed by atoms with Gasteiger partial charge in [-0.1, -0.05) is 19.4 Å². The Labute approximate surface area is 144 Å². The Morgan fingerprint density at radius 2 is 1.88 bits per heavy atom. The summed E-state index contributed by atoms with van der Waals surface area (Å²) in [5, 5.41) is 0. The maximum Gasteiger partial charge on any atom is 0.155 e. The van der Waals surface area contributed by atoms with E-state index in [2.05, 4.69) is 13.8 Å². The molecule has 130 valence electrons. The van der Waals surface area contributed by atoms with Crippen LogP contribution in [-0.2, 0) is 14.4 Å². The Bertz CT molecular complexity index is 660. The normalized spacial score (nSPS) is 47.5. The number of rotatable bonds is 1. The summed E-state index contributed by atoms with van der Waals surface area (Å²) in [5.74, 6) is 1.86. The Balaban J connectivity index is 1.74. The zero-order valence-corrected chi connectivity index (χ0v) is 15.1. The van der Waals surface area contributed by atoms with Gasteiger partial charge in [0.25, 0.3) is 0 Å². The van der Waals surface area contributed by atoms with Crippen molar-refractivity contribution >= 4 is 17.3 Å². The van der Waals surface area contributed by atoms with Gasteiger partial charge >= 0.3 is 0 Å². The lowest BCUT2D eigenvalue weighted by Gasteiger charge is -2.56. The third-order valence-electron chi connectivity index (χ3n) is 8.14. The first kappa shape index (κ1) is 16.2. The van der Waals surface area contributed by atoms with Gasteiger partial charge in [0.2, 0.25) is 0 Å². The van der Waals surface area contributed by atoms with E-state index in [9.17, 15) is 14.4 Å². The van der Waals surface area contributed by atoms with Crippen molar-refractivity contribution in [1.29, 1.82) is 0 Å². The van der Waals surface area contributed by atoms with E-state index in [4.69, 9.17) is 0 Å². The summed E-state index contributed by atoms with van der Waals surface area (Å²) in [7, 11) is 0. The minimum Gasteiger partial charge on any atom is -0.300 e. The number of Topliss-reactive ketones (excluding diaryl/α,β-unsaturated/α-hetero) is 2. The van der Waals surface area contributed by atoms with Gasteiger partial charge in [-0.15, -0.1) is 0 Å². The summed E-state index contributed by atoms with van der Waals surface area (Å²) in [5.41, 5.74) is 0.966. The molecule has 24 heavy (non-hydrogen) atoms. The first-order valence-corrected chi connectivity index (χ1v) is 9.54. The minimum atomic E-state index is -0.133. The summed E-state index contributed by atoms with van der Waals surface area (Å²) in [6, 6.07) is 0. The molecule has 0 radical (unpaired) electrons. The van der Waals surface area contributed by atoms with Gasteiger partial charge in [0.1, 0.15) is 11.6 Å². The van der Waals surface area contributed by atoms with Crippen LogP contribution in [0.5, 0.6) is 0 Å². The van der Waals surface area contributed by atoms with Crippen LogP contribution >= 0.6 is 0 Å². The van der Waals surface area contributed by atoms with Gasteiger partial charge in [-0.3, -0.25) is 14.4 Å². The van der Waals surface area contributed by atoms with E-state index in [-0.39, 0.29) is 34.2 Å². The van der Waals surface area contributed by atoms with Crippen LogP contribution in [0.4, 0.5) is 0 Å². The second-order valence-corrected chi connectivity index (χ2v) is 9.23. The molecule has 0 saturated heterocycles. The third-order valence-corrected chi connectivity index (χ3v) is 8.14. The molecule has 0 heterocycles. The smallest absolute Gasteiger partial charge is 0.155 e. The molecule has 3 unspecified atom stereocenters. The Morgan fingerprint density at radius 3 is 2.58 bits per heavy atom. The fourth-order valence-corrected chi connectivity index (χ4v) is 7.05. The molecule has 0 aromatic carbocycles. The van der Waals surface area contributed by atoms with Crippen molar-refractivity contribution < 1.29 is 14.4 Å². The molecule has 3 heteroatoms. The molecule has 0 bridgehead atoms. The number of fused-ring (bicyclic) bond motifs is 5. The number of hydrogen-bond donors (Lipinski definition) is 0. The van der Waals surface area contributed by atoms with Crippen molar-refractivity contribution in [1.82, 2.24) is 0 Å². The lowest BCUT2D eigenvalue weighted by molar-refractivity contribution is -0.148. The molecule has 0 spiro atoms. The van der Waals surface area contributed by atoms with Crippen LogP contribution in [0.2, 0.25) is 0 Å². The van der Waals surface area contributed by atoms with Gasteiger partial charge in [0.15, 0.2) is 5.78 Å². The van der Waals surface area contributed by atoms with E-state index >= 15 is 0 Å². The number of ketones is 3. The molecular formula is C21H28O3. The fourth-order valence-electron chi connectivity index (χ4n) is 7.05. The molecule has 4 aliphatic rings. The highest BCUT2D eigenvalue weighted by Crippen LogP contribution is 2.65. The molecular weight excluding hydrogens is 300 g/mol. The standard InChI is InChI=1S/C21H28O3/c1-12(22)16-6-7-17-15-5-4-13-10-14(23)8-9-20(13,2)19(15)18(24)11-21(16,17)3/h10,15-17,19H,4-9,11H2,1-3H3/t15?,16-,17?,19?,20+,21-/m1/s1. The van der Waals surface area contributed by atoms with Crippen LogP contribution in [0.15, 0.2) is 11.6 Å². The van der Waals surface area contributed by atoms with Gasteiger partial charge in [-0.25, -0.2) is 0 Å². The average Bonchev–Trinajstić information content (AvgIpc) is 2.84. The zero-order chi connectivity index (χ0) is 17.3. The van der Waals surface area contributed by atoms with E-state index in [0.717, 1.165) is 32.1 Å². The van der Waals surface area contributed by atoms with Gasteiger partial charge in [0, 0.05) is 24.7 Å². The molecule has 0 amide bonds. The maximum atomic E-state index is 13.3. The lowest BCUT2D eigenvalue weighted by atomic mass is 9.46. The predicted octanol–water partition coefficient (Wildman–Crippen LogP) is 3.90. The van der Waals surface area contributed by atoms with Gasteiger partial charge in [-0.05, 0) is 67.8 Å². The molecule has 4 aliphatic carbocycles. The highest BCUT2D eigenvalue weighted by atomic mass is 16.1. The first-order valence-electron chi connectivity index (χ1n) is 9.54. The number of hydrogen-bond acceptors (Lipinski definition) is 3. The van der Waals surface area contributed by atoms with Crippen LogP contribution in [0.1, 0.15) is 65.7 Å². The third kappa shape index (κ3) is 1.99. The molecule has 3 nitrogen and oxygen atoms in total. The maximum absolute atomic E-state index is 13.3. The van der Waals surface area contributed by atoms with E-state index < -0.39 is 0 Å². The molecule has 3 fully saturated rings. The van der Waals surface area contributed by atoms with Gasteiger partial charge < -0.3 is 0 Å². The van der Waals surface area contributed by atoms with Crippen molar-refractivity contribution in [3.63, 3.8) is 0 Å². The van der Waals surface area contributed by atoms with Crippen molar-refractivity contribution in [2.24, 2.45) is 34.5 Å². The molecule has 0 aliphatic heterocycles. The first-order chi connectivity index (χ1) is 11.3. The topological polar surface area (TPSA) is 51.2 Å². The van der Waals surface area contributed by atoms with Crippen molar-refractivity contribution in [2.75, 3.05) is 0 Å². The monoisotopic (exact) mass is 328 g/mol. The van der Waals surface area contributed by atoms with E-state index in [1.54, 1.807) is 6.92 Å². The Kier molecular flexibility index (Phi) is 3.47. The number of carbonyl (C=O) groups excluding carboxylic acids is 3. The highest BCUT2D eigenvalue weighted by Gasteiger charge is 2.62. The summed E-state index contributed by atoms with van der Waals surface area (Å²) in [6.45, 7) is 6.12. The summed E-state index contributed by atoms with van der Waals surface area (Å²) in [4.78, 5) is 37.3. The summed E-state index contributed by atoms with van der Waals surface area (Å²) >= 11 is 0. The zero-order valence-electron chi connectivity index (χ0n) is 15.1. The lowest BCUT2D eigenvalue weighted by Crippen LogP contribution is -2.55. The Hall–Kier alpha value is -1.25. The number of allylic oxidation sites excluding steroid dienone is 1. The second-order valence-electron chi connectivity index (χ2n) is 9.23. The largest absolute Gasteiger partial charge is 0.300 e. The predicted molar refractivity (Wildman–Crippen MR) is 91.3 cm³/mol. The Morgan fingerprint density at radius 1 is 1.12 bits per heavy atom. The van der Waals surface area contributed by atoms with E-state index in [0.29, 0.717) is 30.5 Å². The average molecular weight is 328 g/mol. The van der Waals surface area contributed by atoms with Crippen LogP contribution in [0.25, 0.3) is 0 Å². The molecule has 3 saturated carbocycles. The quantitative estimate of drug-likeness (QED) is 0.733. The molecule has 0 N–H and O–H groups in total. The number of carbonyl (C=O) groups is 3. The molecule has 0 aromatic rings. The highest BCUT2D eigenvalue weighted by molar-refractivity contribution is 5.93. The fraction of sp³-hybridized carbons (Fsp3) is 0.762.